The minimum atomic E-state index is -0.152. The van der Waals surface area contributed by atoms with Crippen molar-refractivity contribution in [3.05, 3.63) is 66.1 Å². The van der Waals surface area contributed by atoms with Crippen molar-refractivity contribution in [2.24, 2.45) is 0 Å². The van der Waals surface area contributed by atoms with Gasteiger partial charge in [-0.15, -0.1) is 10.2 Å². The summed E-state index contributed by atoms with van der Waals surface area (Å²) in [5.41, 5.74) is 3.18. The molecule has 7 nitrogen and oxygen atoms in total. The molecule has 0 radical (unpaired) electrons. The number of hydrogen-bond donors (Lipinski definition) is 3. The van der Waals surface area contributed by atoms with Crippen LogP contribution >= 0.6 is 0 Å². The number of aromatic amines is 1. The molecular weight excluding hydrogens is 328 g/mol. The number of hydrogen-bond acceptors (Lipinski definition) is 5. The van der Waals surface area contributed by atoms with Gasteiger partial charge in [-0.25, -0.2) is 4.68 Å². The van der Waals surface area contributed by atoms with Crippen molar-refractivity contribution in [2.45, 2.75) is 19.4 Å². The number of para-hydroxylation sites is 1. The van der Waals surface area contributed by atoms with Crippen molar-refractivity contribution >= 4 is 16.7 Å². The summed E-state index contributed by atoms with van der Waals surface area (Å²) in [5.74, 6) is 1.28. The molecule has 1 aromatic carbocycles. The number of rotatable bonds is 6. The zero-order valence-corrected chi connectivity index (χ0v) is 14.4. The van der Waals surface area contributed by atoms with Crippen LogP contribution in [0.4, 0.5) is 5.82 Å². The predicted molar refractivity (Wildman–Crippen MR) is 100 cm³/mol. The van der Waals surface area contributed by atoms with E-state index in [0.29, 0.717) is 18.1 Å². The Morgan fingerprint density at radius 2 is 2.04 bits per heavy atom. The van der Waals surface area contributed by atoms with Gasteiger partial charge in [0.15, 0.2) is 5.82 Å². The highest BCUT2D eigenvalue weighted by molar-refractivity contribution is 5.83. The third-order valence-electron chi connectivity index (χ3n) is 4.32. The van der Waals surface area contributed by atoms with Crippen molar-refractivity contribution in [1.82, 2.24) is 25.0 Å². The van der Waals surface area contributed by atoms with E-state index in [9.17, 15) is 5.11 Å². The van der Waals surface area contributed by atoms with Gasteiger partial charge in [-0.3, -0.25) is 0 Å². The molecular formula is C19H20N6O. The number of nitrogens with one attached hydrogen (secondary N) is 2. The highest BCUT2D eigenvalue weighted by Gasteiger charge is 2.13. The molecule has 7 heteroatoms. The number of aliphatic hydroxyl groups is 1. The van der Waals surface area contributed by atoms with E-state index in [0.717, 1.165) is 16.8 Å². The van der Waals surface area contributed by atoms with Gasteiger partial charge in [-0.2, -0.15) is 5.10 Å². The first-order valence-electron chi connectivity index (χ1n) is 8.51. The minimum Gasteiger partial charge on any atom is -0.394 e. The topological polar surface area (TPSA) is 91.7 Å². The molecule has 3 aromatic heterocycles. The molecule has 0 fully saturated rings. The second-order valence-electron chi connectivity index (χ2n) is 6.27. The van der Waals surface area contributed by atoms with Gasteiger partial charge < -0.3 is 15.4 Å². The first-order valence-corrected chi connectivity index (χ1v) is 8.51. The Hall–Kier alpha value is -3.19. The first-order chi connectivity index (χ1) is 12.7. The van der Waals surface area contributed by atoms with E-state index in [2.05, 4.69) is 31.7 Å². The average molecular weight is 348 g/mol. The largest absolute Gasteiger partial charge is 0.394 e. The van der Waals surface area contributed by atoms with Crippen LogP contribution in [0.15, 0.2) is 54.9 Å². The Morgan fingerprint density at radius 3 is 2.77 bits per heavy atom. The van der Waals surface area contributed by atoms with Gasteiger partial charge in [-0.05, 0) is 43.2 Å². The van der Waals surface area contributed by atoms with Crippen LogP contribution in [0, 0.1) is 6.92 Å². The summed E-state index contributed by atoms with van der Waals surface area (Å²) >= 11 is 0. The van der Waals surface area contributed by atoms with Crippen LogP contribution in [0.25, 0.3) is 16.7 Å². The molecule has 1 atom stereocenters. The van der Waals surface area contributed by atoms with Crippen LogP contribution in [-0.4, -0.2) is 42.7 Å². The van der Waals surface area contributed by atoms with Crippen molar-refractivity contribution < 1.29 is 5.11 Å². The SMILES string of the molecule is Cc1ccn(-c2ccc(NC(CO)Cc3c[nH]c4ccccc34)nn2)n1. The third kappa shape index (κ3) is 3.29. The molecule has 0 spiro atoms. The summed E-state index contributed by atoms with van der Waals surface area (Å²) in [6.45, 7) is 1.93. The van der Waals surface area contributed by atoms with E-state index in [1.54, 1.807) is 4.68 Å². The van der Waals surface area contributed by atoms with Crippen molar-refractivity contribution in [3.8, 4) is 5.82 Å². The van der Waals surface area contributed by atoms with Crippen LogP contribution in [0.2, 0.25) is 0 Å². The van der Waals surface area contributed by atoms with E-state index < -0.39 is 0 Å². The highest BCUT2D eigenvalue weighted by Crippen LogP contribution is 2.20. The molecule has 26 heavy (non-hydrogen) atoms. The van der Waals surface area contributed by atoms with Gasteiger partial charge in [0.25, 0.3) is 0 Å². The first kappa shape index (κ1) is 16.3. The molecule has 132 valence electrons. The van der Waals surface area contributed by atoms with E-state index in [1.165, 1.54) is 5.39 Å². The molecule has 3 heterocycles. The molecule has 0 aliphatic rings. The van der Waals surface area contributed by atoms with E-state index in [1.807, 2.05) is 55.7 Å². The zero-order valence-electron chi connectivity index (χ0n) is 14.4. The Bertz CT molecular complexity index is 1000. The van der Waals surface area contributed by atoms with Gasteiger partial charge in [-0.1, -0.05) is 18.2 Å². The number of aryl methyl sites for hydroxylation is 1. The lowest BCUT2D eigenvalue weighted by Gasteiger charge is -2.16. The molecule has 0 aliphatic heterocycles. The van der Waals surface area contributed by atoms with Crippen molar-refractivity contribution in [3.63, 3.8) is 0 Å². The number of H-pyrrole nitrogens is 1. The van der Waals surface area contributed by atoms with Gasteiger partial charge in [0.2, 0.25) is 0 Å². The van der Waals surface area contributed by atoms with Gasteiger partial charge in [0, 0.05) is 23.3 Å². The second kappa shape index (κ2) is 6.97. The summed E-state index contributed by atoms with van der Waals surface area (Å²) in [6.07, 6.45) is 4.52. The third-order valence-corrected chi connectivity index (χ3v) is 4.32. The number of benzene rings is 1. The van der Waals surface area contributed by atoms with Crippen LogP contribution in [0.3, 0.4) is 0 Å². The van der Waals surface area contributed by atoms with Gasteiger partial charge in [0.05, 0.1) is 18.3 Å². The van der Waals surface area contributed by atoms with Crippen LogP contribution in [0.5, 0.6) is 0 Å². The van der Waals surface area contributed by atoms with E-state index >= 15 is 0 Å². The van der Waals surface area contributed by atoms with Crippen molar-refractivity contribution in [2.75, 3.05) is 11.9 Å². The van der Waals surface area contributed by atoms with Crippen LogP contribution < -0.4 is 5.32 Å². The normalized spacial score (nSPS) is 12.4. The maximum atomic E-state index is 9.76. The van der Waals surface area contributed by atoms with Gasteiger partial charge >= 0.3 is 0 Å². The summed E-state index contributed by atoms with van der Waals surface area (Å²) in [5, 5.41) is 26.9. The predicted octanol–water partition coefficient (Wildman–Crippen LogP) is 2.47. The zero-order chi connectivity index (χ0) is 17.9. The number of fused-ring (bicyclic) bond motifs is 1. The van der Waals surface area contributed by atoms with Crippen LogP contribution in [0.1, 0.15) is 11.3 Å². The Labute approximate surface area is 150 Å². The second-order valence-corrected chi connectivity index (χ2v) is 6.27. The molecule has 0 saturated heterocycles. The fraction of sp³-hybridized carbons (Fsp3) is 0.211. The fourth-order valence-corrected chi connectivity index (χ4v) is 3.00. The van der Waals surface area contributed by atoms with E-state index in [4.69, 9.17) is 0 Å². The van der Waals surface area contributed by atoms with Gasteiger partial charge in [0.1, 0.15) is 5.82 Å². The quantitative estimate of drug-likeness (QED) is 0.498. The van der Waals surface area contributed by atoms with E-state index in [-0.39, 0.29) is 12.6 Å². The lowest BCUT2D eigenvalue weighted by atomic mass is 10.1. The molecule has 0 bridgehead atoms. The summed E-state index contributed by atoms with van der Waals surface area (Å²) < 4.78 is 1.68. The Balaban J connectivity index is 1.48. The van der Waals surface area contributed by atoms with Crippen molar-refractivity contribution in [1.29, 1.82) is 0 Å². The lowest BCUT2D eigenvalue weighted by molar-refractivity contribution is 0.273. The molecule has 0 aliphatic carbocycles. The number of aromatic nitrogens is 5. The minimum absolute atomic E-state index is 0.00128. The maximum absolute atomic E-state index is 9.76. The Morgan fingerprint density at radius 1 is 1.15 bits per heavy atom. The van der Waals surface area contributed by atoms with Crippen LogP contribution in [-0.2, 0) is 6.42 Å². The average Bonchev–Trinajstić information content (AvgIpc) is 3.28. The molecule has 1 unspecified atom stereocenters. The molecule has 4 rings (SSSR count). The summed E-state index contributed by atoms with van der Waals surface area (Å²) in [7, 11) is 0. The Kier molecular flexibility index (Phi) is 4.37. The number of nitrogens with zero attached hydrogens (tertiary/aromatic N) is 4. The fourth-order valence-electron chi connectivity index (χ4n) is 3.00. The molecule has 0 saturated carbocycles. The highest BCUT2D eigenvalue weighted by atomic mass is 16.3. The lowest BCUT2D eigenvalue weighted by Crippen LogP contribution is -2.27. The standard InChI is InChI=1S/C19H20N6O/c1-13-8-9-25(24-13)19-7-6-18(22-23-19)21-15(12-26)10-14-11-20-17-5-3-2-4-16(14)17/h2-9,11,15,20,26H,10,12H2,1H3,(H,21,22). The maximum Gasteiger partial charge on any atom is 0.175 e. The molecule has 0 amide bonds. The number of aliphatic hydroxyl groups excluding tert-OH is 1. The molecule has 4 aromatic rings. The smallest absolute Gasteiger partial charge is 0.175 e. The molecule has 3 N–H and O–H groups in total. The monoisotopic (exact) mass is 348 g/mol. The number of anilines is 1. The summed E-state index contributed by atoms with van der Waals surface area (Å²) in [4.78, 5) is 3.26. The summed E-state index contributed by atoms with van der Waals surface area (Å²) in [6, 6.07) is 13.6.